The number of carbonyl (C=O) groups is 1. The quantitative estimate of drug-likeness (QED) is 0.812. The summed E-state index contributed by atoms with van der Waals surface area (Å²) in [7, 11) is 0. The summed E-state index contributed by atoms with van der Waals surface area (Å²) in [6, 6.07) is 7.48. The van der Waals surface area contributed by atoms with Crippen molar-refractivity contribution in [1.29, 1.82) is 0 Å². The molecule has 4 nitrogen and oxygen atoms in total. The van der Waals surface area contributed by atoms with Gasteiger partial charge >= 0.3 is 0 Å². The largest absolute Gasteiger partial charge is 0.389 e. The Morgan fingerprint density at radius 2 is 2.12 bits per heavy atom. The SMILES string of the molecule is CC(O)c1ccccc1N1NC2(CC2)CC1=O. The van der Waals surface area contributed by atoms with E-state index in [1.54, 1.807) is 11.9 Å². The highest BCUT2D eigenvalue weighted by Crippen LogP contribution is 2.44. The number of nitrogens with one attached hydrogen (secondary N) is 1. The van der Waals surface area contributed by atoms with Gasteiger partial charge < -0.3 is 5.11 Å². The summed E-state index contributed by atoms with van der Waals surface area (Å²) in [5.41, 5.74) is 4.85. The van der Waals surface area contributed by atoms with Crippen LogP contribution in [0.5, 0.6) is 0 Å². The maximum Gasteiger partial charge on any atom is 0.243 e. The number of benzene rings is 1. The van der Waals surface area contributed by atoms with Gasteiger partial charge in [0.25, 0.3) is 0 Å². The minimum absolute atomic E-state index is 0.0168. The summed E-state index contributed by atoms with van der Waals surface area (Å²) in [5, 5.41) is 11.3. The molecule has 2 aliphatic rings. The third-order valence-corrected chi connectivity index (χ3v) is 3.57. The van der Waals surface area contributed by atoms with E-state index >= 15 is 0 Å². The average Bonchev–Trinajstić information content (AvgIpc) is 2.96. The molecule has 0 bridgehead atoms. The molecular weight excluding hydrogens is 216 g/mol. The van der Waals surface area contributed by atoms with Gasteiger partial charge in [0.1, 0.15) is 0 Å². The van der Waals surface area contributed by atoms with Crippen molar-refractivity contribution in [1.82, 2.24) is 5.43 Å². The first-order chi connectivity index (χ1) is 8.11. The van der Waals surface area contributed by atoms with Gasteiger partial charge in [0.15, 0.2) is 0 Å². The lowest BCUT2D eigenvalue weighted by atomic mass is 10.1. The Hall–Kier alpha value is -1.39. The molecule has 1 aromatic carbocycles. The third-order valence-electron chi connectivity index (χ3n) is 3.57. The van der Waals surface area contributed by atoms with Gasteiger partial charge in [0.05, 0.1) is 11.8 Å². The van der Waals surface area contributed by atoms with Crippen LogP contribution in [0, 0.1) is 0 Å². The molecule has 0 radical (unpaired) electrons. The van der Waals surface area contributed by atoms with Crippen LogP contribution >= 0.6 is 0 Å². The van der Waals surface area contributed by atoms with Crippen molar-refractivity contribution in [3.8, 4) is 0 Å². The molecule has 1 aliphatic heterocycles. The number of para-hydroxylation sites is 1. The lowest BCUT2D eigenvalue weighted by Gasteiger charge is -2.22. The average molecular weight is 232 g/mol. The van der Waals surface area contributed by atoms with Crippen LogP contribution < -0.4 is 10.4 Å². The number of anilines is 1. The van der Waals surface area contributed by atoms with Gasteiger partial charge in [-0.05, 0) is 25.8 Å². The molecular formula is C13H16N2O2. The summed E-state index contributed by atoms with van der Waals surface area (Å²) >= 11 is 0. The number of amides is 1. The smallest absolute Gasteiger partial charge is 0.243 e. The monoisotopic (exact) mass is 232 g/mol. The number of carbonyl (C=O) groups excluding carboxylic acids is 1. The first kappa shape index (κ1) is 10.7. The number of rotatable bonds is 2. The van der Waals surface area contributed by atoms with E-state index in [2.05, 4.69) is 5.43 Å². The molecule has 3 rings (SSSR count). The van der Waals surface area contributed by atoms with Crippen molar-refractivity contribution in [3.63, 3.8) is 0 Å². The van der Waals surface area contributed by atoms with Crippen LogP contribution in [0.2, 0.25) is 0 Å². The van der Waals surface area contributed by atoms with Crippen LogP contribution in [-0.4, -0.2) is 16.6 Å². The summed E-state index contributed by atoms with van der Waals surface area (Å²) < 4.78 is 0. The van der Waals surface area contributed by atoms with Crippen molar-refractivity contribution in [3.05, 3.63) is 29.8 Å². The first-order valence-corrected chi connectivity index (χ1v) is 5.99. The molecule has 2 N–H and O–H groups in total. The van der Waals surface area contributed by atoms with Gasteiger partial charge in [0, 0.05) is 17.5 Å². The van der Waals surface area contributed by atoms with Crippen LogP contribution in [0.15, 0.2) is 24.3 Å². The first-order valence-electron chi connectivity index (χ1n) is 5.99. The minimum atomic E-state index is -0.573. The maximum atomic E-state index is 12.0. The second kappa shape index (κ2) is 3.55. The fraction of sp³-hybridized carbons (Fsp3) is 0.462. The fourth-order valence-electron chi connectivity index (χ4n) is 2.39. The molecule has 1 unspecified atom stereocenters. The number of aliphatic hydroxyl groups is 1. The number of hydrogen-bond acceptors (Lipinski definition) is 3. The van der Waals surface area contributed by atoms with E-state index in [4.69, 9.17) is 0 Å². The Morgan fingerprint density at radius 1 is 1.41 bits per heavy atom. The van der Waals surface area contributed by atoms with Crippen molar-refractivity contribution in [2.45, 2.75) is 37.8 Å². The molecule has 17 heavy (non-hydrogen) atoms. The second-order valence-corrected chi connectivity index (χ2v) is 5.03. The number of hydrazine groups is 1. The number of nitrogens with zero attached hydrogens (tertiary/aromatic N) is 1. The summed E-state index contributed by atoms with van der Waals surface area (Å²) in [5.74, 6) is 0.0931. The standard InChI is InChI=1S/C13H16N2O2/c1-9(16)10-4-2-3-5-11(10)15-12(17)8-13(14-15)6-7-13/h2-5,9,14,16H,6-8H2,1H3. The van der Waals surface area contributed by atoms with E-state index in [1.807, 2.05) is 24.3 Å². The third kappa shape index (κ3) is 1.73. The Morgan fingerprint density at radius 3 is 2.71 bits per heavy atom. The summed E-state index contributed by atoms with van der Waals surface area (Å²) in [4.78, 5) is 12.0. The normalized spacial score (nSPS) is 23.2. The van der Waals surface area contributed by atoms with Gasteiger partial charge in [-0.3, -0.25) is 4.79 Å². The fourth-order valence-corrected chi connectivity index (χ4v) is 2.39. The topological polar surface area (TPSA) is 52.6 Å². The molecule has 1 atom stereocenters. The lowest BCUT2D eigenvalue weighted by Crippen LogP contribution is -2.39. The van der Waals surface area contributed by atoms with E-state index in [9.17, 15) is 9.90 Å². The molecule has 1 amide bonds. The van der Waals surface area contributed by atoms with Crippen LogP contribution in [-0.2, 0) is 4.79 Å². The van der Waals surface area contributed by atoms with Gasteiger partial charge in [-0.15, -0.1) is 0 Å². The predicted molar refractivity (Wildman–Crippen MR) is 64.3 cm³/mol. The highest BCUT2D eigenvalue weighted by molar-refractivity contribution is 5.96. The van der Waals surface area contributed by atoms with Crippen LogP contribution in [0.1, 0.15) is 37.9 Å². The lowest BCUT2D eigenvalue weighted by molar-refractivity contribution is -0.117. The van der Waals surface area contributed by atoms with Gasteiger partial charge in [-0.1, -0.05) is 18.2 Å². The Balaban J connectivity index is 1.96. The molecule has 1 saturated heterocycles. The molecule has 2 fully saturated rings. The molecule has 0 aromatic heterocycles. The Kier molecular flexibility index (Phi) is 2.24. The molecule has 90 valence electrons. The van der Waals surface area contributed by atoms with Crippen LogP contribution in [0.4, 0.5) is 5.69 Å². The van der Waals surface area contributed by atoms with Crippen molar-refractivity contribution in [2.24, 2.45) is 0 Å². The molecule has 4 heteroatoms. The molecule has 1 spiro atoms. The van der Waals surface area contributed by atoms with E-state index in [1.165, 1.54) is 0 Å². The number of aliphatic hydroxyl groups excluding tert-OH is 1. The predicted octanol–water partition coefficient (Wildman–Crippen LogP) is 1.51. The zero-order chi connectivity index (χ0) is 12.0. The van der Waals surface area contributed by atoms with Crippen molar-refractivity contribution < 1.29 is 9.90 Å². The molecule has 1 aromatic rings. The second-order valence-electron chi connectivity index (χ2n) is 5.03. The zero-order valence-electron chi connectivity index (χ0n) is 9.81. The molecule has 1 saturated carbocycles. The Bertz CT molecular complexity index is 466. The van der Waals surface area contributed by atoms with Gasteiger partial charge in [-0.25, -0.2) is 10.4 Å². The minimum Gasteiger partial charge on any atom is -0.389 e. The van der Waals surface area contributed by atoms with Crippen LogP contribution in [0.25, 0.3) is 0 Å². The Labute approximate surface area is 100 Å². The summed E-state index contributed by atoms with van der Waals surface area (Å²) in [6.07, 6.45) is 2.12. The van der Waals surface area contributed by atoms with Gasteiger partial charge in [0.2, 0.25) is 5.91 Å². The zero-order valence-corrected chi connectivity index (χ0v) is 9.81. The number of hydrogen-bond donors (Lipinski definition) is 2. The maximum absolute atomic E-state index is 12.0. The highest BCUT2D eigenvalue weighted by atomic mass is 16.3. The summed E-state index contributed by atoms with van der Waals surface area (Å²) in [6.45, 7) is 1.71. The van der Waals surface area contributed by atoms with E-state index < -0.39 is 6.10 Å². The molecule has 1 aliphatic carbocycles. The van der Waals surface area contributed by atoms with E-state index in [0.29, 0.717) is 6.42 Å². The van der Waals surface area contributed by atoms with Gasteiger partial charge in [-0.2, -0.15) is 0 Å². The van der Waals surface area contributed by atoms with E-state index in [-0.39, 0.29) is 11.4 Å². The molecule has 1 heterocycles. The van der Waals surface area contributed by atoms with Crippen molar-refractivity contribution >= 4 is 11.6 Å². The van der Waals surface area contributed by atoms with E-state index in [0.717, 1.165) is 24.1 Å². The van der Waals surface area contributed by atoms with Crippen molar-refractivity contribution in [2.75, 3.05) is 5.01 Å². The van der Waals surface area contributed by atoms with Crippen LogP contribution in [0.3, 0.4) is 0 Å². The highest BCUT2D eigenvalue weighted by Gasteiger charge is 2.52.